The zero-order valence-electron chi connectivity index (χ0n) is 29.2. The lowest BCUT2D eigenvalue weighted by molar-refractivity contribution is 0.125. The van der Waals surface area contributed by atoms with Crippen molar-refractivity contribution in [3.05, 3.63) is 187 Å². The van der Waals surface area contributed by atoms with Crippen molar-refractivity contribution in [2.24, 2.45) is 10.7 Å². The third kappa shape index (κ3) is 5.80. The molecule has 6 heteroatoms. The van der Waals surface area contributed by atoms with E-state index in [-0.39, 0.29) is 36.3 Å². The first-order chi connectivity index (χ1) is 25.6. The van der Waals surface area contributed by atoms with Crippen LogP contribution in [0.3, 0.4) is 0 Å². The van der Waals surface area contributed by atoms with Gasteiger partial charge in [0.2, 0.25) is 0 Å². The zero-order valence-corrected chi connectivity index (χ0v) is 29.2. The summed E-state index contributed by atoms with van der Waals surface area (Å²) in [5.74, 6) is 1.85. The van der Waals surface area contributed by atoms with Gasteiger partial charge in [-0.15, -0.1) is 0 Å². The Kier molecular flexibility index (Phi) is 8.47. The lowest BCUT2D eigenvalue weighted by Crippen LogP contribution is -2.51. The molecule has 0 radical (unpaired) electrons. The molecule has 6 unspecified atom stereocenters. The molecule has 1 aromatic heterocycles. The van der Waals surface area contributed by atoms with E-state index in [4.69, 9.17) is 15.7 Å². The molecular weight excluding hydrogens is 637 g/mol. The van der Waals surface area contributed by atoms with Crippen LogP contribution in [0.5, 0.6) is 0 Å². The van der Waals surface area contributed by atoms with E-state index in [1.807, 2.05) is 0 Å². The van der Waals surface area contributed by atoms with E-state index in [0.29, 0.717) is 0 Å². The van der Waals surface area contributed by atoms with E-state index in [1.165, 1.54) is 5.56 Å². The fourth-order valence-electron chi connectivity index (χ4n) is 8.23. The van der Waals surface area contributed by atoms with Crippen molar-refractivity contribution in [1.82, 2.24) is 14.5 Å². The Hall–Kier alpha value is -5.82. The number of para-hydroxylation sites is 4. The van der Waals surface area contributed by atoms with E-state index >= 15 is 0 Å². The maximum absolute atomic E-state index is 6.86. The predicted octanol–water partition coefficient (Wildman–Crippen LogP) is 8.89. The van der Waals surface area contributed by atoms with Crippen LogP contribution in [0.2, 0.25) is 0 Å². The molecule has 0 saturated carbocycles. The van der Waals surface area contributed by atoms with Crippen LogP contribution in [0.4, 0.5) is 5.69 Å². The number of amidine groups is 1. The SMILES string of the molecule is CC(c1cc(C2=NC3C=CC=CC3N2c2ccccc2)cc(-c2nc3ccccc3n2-c2ccccc2)c1)N(C1C=CC=CC1)C1C=CC=CC1N. The molecule has 0 fully saturated rings. The van der Waals surface area contributed by atoms with Crippen LogP contribution >= 0.6 is 0 Å². The van der Waals surface area contributed by atoms with Crippen LogP contribution in [0.15, 0.2) is 181 Å². The standard InChI is InChI=1S/C46H42N6/c1-32(50(36-17-5-2-6-18-36)42-26-14-11-23-39(42)47)33-29-34(45-48-40-24-12-15-27-43(40)51(45)37-19-7-3-8-20-37)31-35(30-33)46-49-41-25-13-16-28-44(41)52(46)38-21-9-4-10-22-38/h2-17,19-32,36,39-40,42-43H,18,47H2,1H3. The first-order valence-electron chi connectivity index (χ1n) is 18.3. The van der Waals surface area contributed by atoms with Crippen molar-refractivity contribution in [3.63, 3.8) is 0 Å². The number of hydrogen-bond donors (Lipinski definition) is 1. The number of rotatable bonds is 8. The van der Waals surface area contributed by atoms with E-state index in [1.54, 1.807) is 0 Å². The topological polar surface area (TPSA) is 62.7 Å². The Morgan fingerprint density at radius 1 is 0.712 bits per heavy atom. The summed E-state index contributed by atoms with van der Waals surface area (Å²) in [4.78, 5) is 15.7. The number of imidazole rings is 1. The van der Waals surface area contributed by atoms with Gasteiger partial charge < -0.3 is 10.6 Å². The van der Waals surface area contributed by atoms with Crippen LogP contribution in [0.1, 0.15) is 30.5 Å². The fourth-order valence-corrected chi connectivity index (χ4v) is 8.23. The number of nitrogens with two attached hydrogens (primary N) is 1. The van der Waals surface area contributed by atoms with Gasteiger partial charge in [-0.3, -0.25) is 14.5 Å². The van der Waals surface area contributed by atoms with Gasteiger partial charge in [0, 0.05) is 46.7 Å². The number of fused-ring (bicyclic) bond motifs is 2. The van der Waals surface area contributed by atoms with Crippen molar-refractivity contribution in [2.45, 2.75) is 49.6 Å². The summed E-state index contributed by atoms with van der Waals surface area (Å²) in [7, 11) is 0. The number of anilines is 1. The van der Waals surface area contributed by atoms with E-state index in [0.717, 1.165) is 51.6 Å². The van der Waals surface area contributed by atoms with Gasteiger partial charge in [-0.25, -0.2) is 4.98 Å². The summed E-state index contributed by atoms with van der Waals surface area (Å²) in [5, 5.41) is 0. The van der Waals surface area contributed by atoms with E-state index < -0.39 is 0 Å². The van der Waals surface area contributed by atoms with Gasteiger partial charge in [-0.2, -0.15) is 0 Å². The predicted molar refractivity (Wildman–Crippen MR) is 215 cm³/mol. The molecule has 5 aromatic rings. The second kappa shape index (κ2) is 13.7. The van der Waals surface area contributed by atoms with Gasteiger partial charge in [0.15, 0.2) is 0 Å². The minimum atomic E-state index is -0.119. The molecule has 3 aliphatic carbocycles. The largest absolute Gasteiger partial charge is 0.323 e. The van der Waals surface area contributed by atoms with Crippen molar-refractivity contribution in [2.75, 3.05) is 4.90 Å². The number of allylic oxidation sites excluding steroid dienone is 6. The van der Waals surface area contributed by atoms with E-state index in [9.17, 15) is 0 Å². The molecule has 2 heterocycles. The highest BCUT2D eigenvalue weighted by atomic mass is 15.3. The minimum absolute atomic E-state index is 0.0100. The molecule has 9 rings (SSSR count). The second-order valence-corrected chi connectivity index (χ2v) is 13.9. The van der Waals surface area contributed by atoms with Crippen molar-refractivity contribution in [1.29, 1.82) is 0 Å². The molecule has 256 valence electrons. The molecular formula is C46H42N6. The quantitative estimate of drug-likeness (QED) is 0.178. The number of hydrogen-bond acceptors (Lipinski definition) is 5. The molecule has 6 nitrogen and oxygen atoms in total. The van der Waals surface area contributed by atoms with Crippen molar-refractivity contribution < 1.29 is 0 Å². The number of nitrogens with zero attached hydrogens (tertiary/aromatic N) is 5. The van der Waals surface area contributed by atoms with Gasteiger partial charge in [-0.05, 0) is 73.5 Å². The Morgan fingerprint density at radius 2 is 1.40 bits per heavy atom. The van der Waals surface area contributed by atoms with Crippen LogP contribution in [-0.2, 0) is 0 Å². The lowest BCUT2D eigenvalue weighted by Gasteiger charge is -2.43. The third-order valence-electron chi connectivity index (χ3n) is 10.7. The second-order valence-electron chi connectivity index (χ2n) is 13.9. The normalized spacial score (nSPS) is 23.8. The Morgan fingerprint density at radius 3 is 2.19 bits per heavy atom. The van der Waals surface area contributed by atoms with Crippen LogP contribution in [0, 0.1) is 0 Å². The molecule has 4 aliphatic rings. The number of benzene rings is 4. The average Bonchev–Trinajstić information content (AvgIpc) is 3.79. The first-order valence-corrected chi connectivity index (χ1v) is 18.3. The highest BCUT2D eigenvalue weighted by Crippen LogP contribution is 2.38. The van der Waals surface area contributed by atoms with Gasteiger partial charge in [-0.1, -0.05) is 121 Å². The molecule has 52 heavy (non-hydrogen) atoms. The molecule has 4 aromatic carbocycles. The molecule has 6 atom stereocenters. The molecule has 0 saturated heterocycles. The monoisotopic (exact) mass is 678 g/mol. The smallest absolute Gasteiger partial charge is 0.145 e. The van der Waals surface area contributed by atoms with Gasteiger partial charge in [0.25, 0.3) is 0 Å². The van der Waals surface area contributed by atoms with Gasteiger partial charge >= 0.3 is 0 Å². The molecule has 2 N–H and O–H groups in total. The Balaban J connectivity index is 1.26. The molecule has 1 aliphatic heterocycles. The molecule has 0 spiro atoms. The zero-order chi connectivity index (χ0) is 35.0. The molecule has 0 bridgehead atoms. The summed E-state index contributed by atoms with van der Waals surface area (Å²) >= 11 is 0. The summed E-state index contributed by atoms with van der Waals surface area (Å²) in [6.07, 6.45) is 27.1. The highest BCUT2D eigenvalue weighted by molar-refractivity contribution is 6.13. The number of aromatic nitrogens is 2. The van der Waals surface area contributed by atoms with Crippen molar-refractivity contribution >= 4 is 22.6 Å². The Bertz CT molecular complexity index is 2310. The fraction of sp³-hybridized carbons (Fsp3) is 0.174. The summed E-state index contributed by atoms with van der Waals surface area (Å²) in [6.45, 7) is 2.32. The first kappa shape index (κ1) is 32.1. The van der Waals surface area contributed by atoms with Crippen molar-refractivity contribution in [3.8, 4) is 17.1 Å². The van der Waals surface area contributed by atoms with Crippen LogP contribution in [0.25, 0.3) is 28.1 Å². The summed E-state index contributed by atoms with van der Waals surface area (Å²) < 4.78 is 2.29. The minimum Gasteiger partial charge on any atom is -0.323 e. The van der Waals surface area contributed by atoms with Crippen LogP contribution < -0.4 is 10.6 Å². The lowest BCUT2D eigenvalue weighted by atomic mass is 9.91. The summed E-state index contributed by atoms with van der Waals surface area (Å²) in [5.41, 5.74) is 14.4. The van der Waals surface area contributed by atoms with E-state index in [2.05, 4.69) is 197 Å². The van der Waals surface area contributed by atoms with Crippen LogP contribution in [-0.4, -0.2) is 50.5 Å². The average molecular weight is 679 g/mol. The maximum Gasteiger partial charge on any atom is 0.145 e. The van der Waals surface area contributed by atoms with Gasteiger partial charge in [0.1, 0.15) is 11.7 Å². The maximum atomic E-state index is 6.86. The highest BCUT2D eigenvalue weighted by Gasteiger charge is 2.37. The summed E-state index contributed by atoms with van der Waals surface area (Å²) in [6, 6.07) is 36.8. The number of aliphatic imine (C=N–C) groups is 1. The molecule has 0 amide bonds. The third-order valence-corrected chi connectivity index (χ3v) is 10.7. The van der Waals surface area contributed by atoms with Gasteiger partial charge in [0.05, 0.1) is 23.1 Å². The Labute approximate surface area is 305 Å².